The van der Waals surface area contributed by atoms with Crippen molar-refractivity contribution in [3.05, 3.63) is 58.0 Å². The predicted molar refractivity (Wildman–Crippen MR) is 151 cm³/mol. The number of amides is 1. The third kappa shape index (κ3) is 6.86. The van der Waals surface area contributed by atoms with Crippen molar-refractivity contribution in [1.29, 1.82) is 0 Å². The first-order chi connectivity index (χ1) is 17.7. The molecule has 3 heterocycles. The van der Waals surface area contributed by atoms with Crippen molar-refractivity contribution in [2.75, 3.05) is 32.0 Å². The van der Waals surface area contributed by atoms with E-state index in [-0.39, 0.29) is 16.3 Å². The molecule has 0 atom stereocenters. The molecular formula is C28H35ClFN5OS. The Kier molecular flexibility index (Phi) is 8.82. The van der Waals surface area contributed by atoms with Crippen molar-refractivity contribution in [2.24, 2.45) is 5.41 Å². The molecule has 1 N–H and O–H groups in total. The Balaban J connectivity index is 1.41. The standard InChI is InChI=1S/C28H35ClFN5OS/c1-5-6-12-28(2,3)17-34(4)13-7-8-24(36)35-14-11-20-23(16-35)37-27-25(20)26(31-18-32-27)33-19-9-10-22(30)21(29)15-19/h7-10,15,18H,5-6,11-14,16-17H2,1-4H3,(H,31,32,33)/b8-7+. The molecule has 1 amide bonds. The molecule has 0 unspecified atom stereocenters. The molecule has 0 bridgehead atoms. The number of benzene rings is 1. The van der Waals surface area contributed by atoms with Gasteiger partial charge in [-0.15, -0.1) is 11.3 Å². The van der Waals surface area contributed by atoms with Crippen LogP contribution >= 0.6 is 22.9 Å². The maximum absolute atomic E-state index is 13.6. The van der Waals surface area contributed by atoms with E-state index in [2.05, 4.69) is 48.0 Å². The lowest BCUT2D eigenvalue weighted by Gasteiger charge is -2.30. The molecule has 0 spiro atoms. The van der Waals surface area contributed by atoms with Crippen LogP contribution in [0.1, 0.15) is 50.5 Å². The van der Waals surface area contributed by atoms with E-state index in [1.807, 2.05) is 11.0 Å². The summed E-state index contributed by atoms with van der Waals surface area (Å²) in [5.41, 5.74) is 2.09. The third-order valence-electron chi connectivity index (χ3n) is 6.71. The first-order valence-corrected chi connectivity index (χ1v) is 14.0. The number of halogens is 2. The number of thiophene rings is 1. The van der Waals surface area contributed by atoms with Crippen LogP contribution in [0.15, 0.2) is 36.7 Å². The molecule has 0 fully saturated rings. The SMILES string of the molecule is CCCCC(C)(C)CN(C)C/C=C/C(=O)N1CCc2c(sc3ncnc(Nc4ccc(F)c(Cl)c4)c23)C1. The van der Waals surface area contributed by atoms with Crippen LogP contribution in [0.3, 0.4) is 0 Å². The molecule has 198 valence electrons. The van der Waals surface area contributed by atoms with E-state index in [1.165, 1.54) is 37.2 Å². The highest BCUT2D eigenvalue weighted by molar-refractivity contribution is 7.19. The lowest BCUT2D eigenvalue weighted by Crippen LogP contribution is -2.34. The second-order valence-electron chi connectivity index (χ2n) is 10.5. The zero-order valence-electron chi connectivity index (χ0n) is 22.0. The minimum Gasteiger partial charge on any atom is -0.340 e. The summed E-state index contributed by atoms with van der Waals surface area (Å²) in [5, 5.41) is 4.27. The van der Waals surface area contributed by atoms with Gasteiger partial charge < -0.3 is 15.1 Å². The van der Waals surface area contributed by atoms with Crippen LogP contribution in [0.2, 0.25) is 5.02 Å². The Labute approximate surface area is 227 Å². The van der Waals surface area contributed by atoms with Crippen molar-refractivity contribution in [1.82, 2.24) is 19.8 Å². The summed E-state index contributed by atoms with van der Waals surface area (Å²) in [5.74, 6) is 0.233. The van der Waals surface area contributed by atoms with E-state index in [1.54, 1.807) is 29.5 Å². The summed E-state index contributed by atoms with van der Waals surface area (Å²) >= 11 is 7.54. The Hall–Kier alpha value is -2.55. The van der Waals surface area contributed by atoms with Crippen molar-refractivity contribution in [3.8, 4) is 0 Å². The smallest absolute Gasteiger partial charge is 0.246 e. The van der Waals surface area contributed by atoms with Gasteiger partial charge in [0, 0.05) is 36.3 Å². The Morgan fingerprint density at radius 1 is 1.35 bits per heavy atom. The largest absolute Gasteiger partial charge is 0.340 e. The highest BCUT2D eigenvalue weighted by atomic mass is 35.5. The van der Waals surface area contributed by atoms with Gasteiger partial charge in [-0.1, -0.05) is 51.3 Å². The number of fused-ring (bicyclic) bond motifs is 3. The molecule has 1 aromatic carbocycles. The summed E-state index contributed by atoms with van der Waals surface area (Å²) < 4.78 is 13.6. The number of carbonyl (C=O) groups is 1. The normalized spacial score (nSPS) is 14.1. The zero-order chi connectivity index (χ0) is 26.6. The summed E-state index contributed by atoms with van der Waals surface area (Å²) in [6, 6.07) is 4.50. The van der Waals surface area contributed by atoms with Crippen LogP contribution in [0, 0.1) is 11.2 Å². The van der Waals surface area contributed by atoms with Gasteiger partial charge in [-0.25, -0.2) is 14.4 Å². The average molecular weight is 544 g/mol. The van der Waals surface area contributed by atoms with Gasteiger partial charge in [-0.3, -0.25) is 4.79 Å². The molecule has 3 aromatic rings. The van der Waals surface area contributed by atoms with Gasteiger partial charge in [0.25, 0.3) is 0 Å². The van der Waals surface area contributed by atoms with Crippen LogP contribution in [0.25, 0.3) is 10.2 Å². The van der Waals surface area contributed by atoms with E-state index in [0.29, 0.717) is 24.6 Å². The first kappa shape index (κ1) is 27.5. The summed E-state index contributed by atoms with van der Waals surface area (Å²) in [6.07, 6.45) is 9.59. The zero-order valence-corrected chi connectivity index (χ0v) is 23.6. The van der Waals surface area contributed by atoms with Crippen LogP contribution in [0.5, 0.6) is 0 Å². The van der Waals surface area contributed by atoms with Crippen LogP contribution in [-0.2, 0) is 17.8 Å². The van der Waals surface area contributed by atoms with Crippen molar-refractivity contribution in [3.63, 3.8) is 0 Å². The van der Waals surface area contributed by atoms with Gasteiger partial charge in [-0.05, 0) is 49.1 Å². The van der Waals surface area contributed by atoms with Crippen molar-refractivity contribution >= 4 is 50.6 Å². The lowest BCUT2D eigenvalue weighted by molar-refractivity contribution is -0.126. The first-order valence-electron chi connectivity index (χ1n) is 12.8. The fourth-order valence-corrected chi connectivity index (χ4v) is 6.27. The van der Waals surface area contributed by atoms with E-state index < -0.39 is 5.82 Å². The van der Waals surface area contributed by atoms with Gasteiger partial charge in [0.15, 0.2) is 0 Å². The number of unbranched alkanes of at least 4 members (excludes halogenated alkanes) is 1. The molecular weight excluding hydrogens is 509 g/mol. The van der Waals surface area contributed by atoms with Crippen LogP contribution in [0.4, 0.5) is 15.9 Å². The molecule has 9 heteroatoms. The van der Waals surface area contributed by atoms with Gasteiger partial charge in [0.2, 0.25) is 5.91 Å². The predicted octanol–water partition coefficient (Wildman–Crippen LogP) is 6.82. The average Bonchev–Trinajstić information content (AvgIpc) is 3.23. The summed E-state index contributed by atoms with van der Waals surface area (Å²) in [6.45, 7) is 9.79. The topological polar surface area (TPSA) is 61.4 Å². The van der Waals surface area contributed by atoms with Crippen molar-refractivity contribution < 1.29 is 9.18 Å². The maximum Gasteiger partial charge on any atom is 0.246 e. The highest BCUT2D eigenvalue weighted by Crippen LogP contribution is 2.38. The number of likely N-dealkylation sites (N-methyl/N-ethyl adjacent to an activating group) is 1. The van der Waals surface area contributed by atoms with E-state index in [4.69, 9.17) is 11.6 Å². The highest BCUT2D eigenvalue weighted by Gasteiger charge is 2.26. The molecule has 0 saturated heterocycles. The number of rotatable bonds is 10. The minimum atomic E-state index is -0.464. The molecule has 1 aliphatic rings. The van der Waals surface area contributed by atoms with Crippen LogP contribution in [-0.4, -0.2) is 52.4 Å². The Bertz CT molecular complexity index is 1290. The number of hydrogen-bond donors (Lipinski definition) is 1. The number of nitrogens with one attached hydrogen (secondary N) is 1. The number of anilines is 2. The molecule has 4 rings (SSSR count). The molecule has 1 aliphatic heterocycles. The number of aromatic nitrogens is 2. The van der Waals surface area contributed by atoms with E-state index >= 15 is 0 Å². The Morgan fingerprint density at radius 2 is 2.16 bits per heavy atom. The molecule has 0 aliphatic carbocycles. The second kappa shape index (κ2) is 11.9. The van der Waals surface area contributed by atoms with E-state index in [0.717, 1.165) is 34.6 Å². The second-order valence-corrected chi connectivity index (χ2v) is 12.0. The Morgan fingerprint density at radius 3 is 2.92 bits per heavy atom. The van der Waals surface area contributed by atoms with Crippen LogP contribution < -0.4 is 5.32 Å². The quantitative estimate of drug-likeness (QED) is 0.284. The lowest BCUT2D eigenvalue weighted by atomic mass is 9.87. The molecule has 37 heavy (non-hydrogen) atoms. The minimum absolute atomic E-state index is 0.0344. The van der Waals surface area contributed by atoms with Crippen molar-refractivity contribution in [2.45, 2.75) is 53.0 Å². The fourth-order valence-electron chi connectivity index (χ4n) is 4.89. The maximum atomic E-state index is 13.6. The molecule has 6 nitrogen and oxygen atoms in total. The number of carbonyl (C=O) groups excluding carboxylic acids is 1. The molecule has 2 aromatic heterocycles. The number of hydrogen-bond acceptors (Lipinski definition) is 6. The fraction of sp³-hybridized carbons (Fsp3) is 0.464. The van der Waals surface area contributed by atoms with Gasteiger partial charge in [-0.2, -0.15) is 0 Å². The summed E-state index contributed by atoms with van der Waals surface area (Å²) in [7, 11) is 2.11. The van der Waals surface area contributed by atoms with E-state index in [9.17, 15) is 9.18 Å². The molecule has 0 saturated carbocycles. The monoisotopic (exact) mass is 543 g/mol. The number of nitrogens with zero attached hydrogens (tertiary/aromatic N) is 4. The molecule has 0 radical (unpaired) electrons. The van der Waals surface area contributed by atoms with Gasteiger partial charge in [0.05, 0.1) is 17.0 Å². The summed E-state index contributed by atoms with van der Waals surface area (Å²) in [4.78, 5) is 28.0. The van der Waals surface area contributed by atoms with Gasteiger partial charge >= 0.3 is 0 Å². The third-order valence-corrected chi connectivity index (χ3v) is 8.13. The van der Waals surface area contributed by atoms with Gasteiger partial charge in [0.1, 0.15) is 22.8 Å².